The van der Waals surface area contributed by atoms with E-state index >= 15 is 0 Å². The smallest absolute Gasteiger partial charge is 0.543 e. The second-order valence-corrected chi connectivity index (χ2v) is 3.59. The van der Waals surface area contributed by atoms with Crippen molar-refractivity contribution in [1.29, 1.82) is 0 Å². The van der Waals surface area contributed by atoms with E-state index in [2.05, 4.69) is 4.98 Å². The zero-order valence-corrected chi connectivity index (χ0v) is 12.2. The standard InChI is InChI=1S/C9H12N2O4.K/c12-6-1-2-11(3-6)4-8-10-7(5-15-8)9(13)14;/h5-6,12H,1-4H2,(H,13,14);/q;+1/p-1. The molecule has 7 heteroatoms. The maximum atomic E-state index is 10.4. The van der Waals surface area contributed by atoms with E-state index in [0.717, 1.165) is 19.2 Å². The number of rotatable bonds is 3. The van der Waals surface area contributed by atoms with Crippen molar-refractivity contribution in [2.24, 2.45) is 0 Å². The number of carbonyl (C=O) groups is 1. The molecule has 0 saturated carbocycles. The summed E-state index contributed by atoms with van der Waals surface area (Å²) >= 11 is 0. The van der Waals surface area contributed by atoms with Crippen LogP contribution in [0.1, 0.15) is 22.8 Å². The number of oxazole rings is 1. The maximum Gasteiger partial charge on any atom is 1.00 e. The molecule has 1 aliphatic rings. The predicted molar refractivity (Wildman–Crippen MR) is 46.7 cm³/mol. The van der Waals surface area contributed by atoms with E-state index in [4.69, 9.17) is 4.42 Å². The van der Waals surface area contributed by atoms with Gasteiger partial charge in [0.25, 0.3) is 0 Å². The Kier molecular flexibility index (Phi) is 5.58. The Hall–Kier alpha value is 0.236. The van der Waals surface area contributed by atoms with Crippen molar-refractivity contribution < 1.29 is 70.8 Å². The summed E-state index contributed by atoms with van der Waals surface area (Å²) in [7, 11) is 0. The third-order valence-corrected chi connectivity index (χ3v) is 2.37. The number of carbonyl (C=O) groups excluding carboxylic acids is 1. The number of aliphatic hydroxyl groups excluding tert-OH is 1. The number of carboxylic acids is 1. The second-order valence-electron chi connectivity index (χ2n) is 3.59. The van der Waals surface area contributed by atoms with Gasteiger partial charge in [-0.1, -0.05) is 0 Å². The average Bonchev–Trinajstić information content (AvgIpc) is 2.76. The molecule has 0 radical (unpaired) electrons. The van der Waals surface area contributed by atoms with Crippen LogP contribution in [0.3, 0.4) is 0 Å². The summed E-state index contributed by atoms with van der Waals surface area (Å²) in [6.45, 7) is 1.76. The normalized spacial score (nSPS) is 20.7. The van der Waals surface area contributed by atoms with Crippen LogP contribution in [-0.2, 0) is 6.54 Å². The largest absolute Gasteiger partial charge is 1.00 e. The number of aromatic nitrogens is 1. The van der Waals surface area contributed by atoms with Gasteiger partial charge in [-0.15, -0.1) is 0 Å². The van der Waals surface area contributed by atoms with Gasteiger partial charge in [0.15, 0.2) is 0 Å². The van der Waals surface area contributed by atoms with Gasteiger partial charge in [0.05, 0.1) is 18.6 Å². The van der Waals surface area contributed by atoms with Crippen LogP contribution >= 0.6 is 0 Å². The zero-order chi connectivity index (χ0) is 10.8. The van der Waals surface area contributed by atoms with Gasteiger partial charge in [-0.05, 0) is 6.42 Å². The summed E-state index contributed by atoms with van der Waals surface area (Å²) in [4.78, 5) is 16.1. The van der Waals surface area contributed by atoms with Gasteiger partial charge in [0.1, 0.15) is 12.0 Å². The average molecular weight is 250 g/mol. The first kappa shape index (κ1) is 14.3. The molecule has 0 bridgehead atoms. The fourth-order valence-electron chi connectivity index (χ4n) is 1.62. The SMILES string of the molecule is O=C([O-])c1coc(CN2CCC(O)C2)n1.[K+]. The monoisotopic (exact) mass is 250 g/mol. The number of aromatic carboxylic acids is 1. The van der Waals surface area contributed by atoms with E-state index in [1.54, 1.807) is 0 Å². The fraction of sp³-hybridized carbons (Fsp3) is 0.556. The minimum absolute atomic E-state index is 0. The van der Waals surface area contributed by atoms with Crippen molar-refractivity contribution >= 4 is 5.97 Å². The number of likely N-dealkylation sites (tertiary alicyclic amines) is 1. The Morgan fingerprint density at radius 1 is 1.75 bits per heavy atom. The Morgan fingerprint density at radius 2 is 2.50 bits per heavy atom. The molecule has 2 heterocycles. The molecule has 6 nitrogen and oxygen atoms in total. The van der Waals surface area contributed by atoms with E-state index in [1.807, 2.05) is 4.90 Å². The Bertz CT molecular complexity index is 368. The topological polar surface area (TPSA) is 89.6 Å². The molecule has 1 saturated heterocycles. The van der Waals surface area contributed by atoms with Gasteiger partial charge < -0.3 is 19.4 Å². The molecular weight excluding hydrogens is 239 g/mol. The second kappa shape index (κ2) is 6.25. The predicted octanol–water partition coefficient (Wildman–Crippen LogP) is -4.39. The summed E-state index contributed by atoms with van der Waals surface area (Å²) in [6, 6.07) is 0. The summed E-state index contributed by atoms with van der Waals surface area (Å²) in [5.74, 6) is -1.00. The number of carboxylic acid groups (broad SMARTS) is 1. The van der Waals surface area contributed by atoms with Crippen molar-refractivity contribution in [3.8, 4) is 0 Å². The third kappa shape index (κ3) is 3.62. The molecule has 1 N–H and O–H groups in total. The van der Waals surface area contributed by atoms with Crippen molar-refractivity contribution in [3.63, 3.8) is 0 Å². The van der Waals surface area contributed by atoms with Crippen LogP contribution in [0.2, 0.25) is 0 Å². The molecule has 1 aromatic rings. The van der Waals surface area contributed by atoms with Crippen LogP contribution in [0.15, 0.2) is 10.7 Å². The van der Waals surface area contributed by atoms with E-state index in [1.165, 1.54) is 0 Å². The zero-order valence-electron chi connectivity index (χ0n) is 9.05. The fourth-order valence-corrected chi connectivity index (χ4v) is 1.62. The Balaban J connectivity index is 0.00000128. The Morgan fingerprint density at radius 3 is 3.00 bits per heavy atom. The molecule has 1 fully saturated rings. The van der Waals surface area contributed by atoms with Crippen molar-refractivity contribution in [1.82, 2.24) is 9.88 Å². The molecule has 0 spiro atoms. The van der Waals surface area contributed by atoms with Crippen molar-refractivity contribution in [3.05, 3.63) is 17.8 Å². The molecule has 1 aliphatic heterocycles. The van der Waals surface area contributed by atoms with Crippen molar-refractivity contribution in [2.45, 2.75) is 19.1 Å². The summed E-state index contributed by atoms with van der Waals surface area (Å²) < 4.78 is 4.97. The molecule has 0 amide bonds. The van der Waals surface area contributed by atoms with Gasteiger partial charge >= 0.3 is 51.4 Å². The van der Waals surface area contributed by atoms with Gasteiger partial charge in [0.2, 0.25) is 5.89 Å². The molecule has 0 aromatic carbocycles. The number of β-amino-alcohol motifs (C(OH)–C–C–N with tert-alkyl or cyclic N) is 1. The molecule has 82 valence electrons. The van der Waals surface area contributed by atoms with Gasteiger partial charge in [-0.3, -0.25) is 4.90 Å². The number of hydrogen-bond acceptors (Lipinski definition) is 6. The number of nitrogens with zero attached hydrogens (tertiary/aromatic N) is 2. The van der Waals surface area contributed by atoms with Crippen LogP contribution in [-0.4, -0.2) is 40.2 Å². The minimum atomic E-state index is -1.34. The van der Waals surface area contributed by atoms with E-state index in [9.17, 15) is 15.0 Å². The summed E-state index contributed by atoms with van der Waals surface area (Å²) in [6.07, 6.45) is 1.49. The first-order valence-electron chi connectivity index (χ1n) is 4.71. The first-order valence-corrected chi connectivity index (χ1v) is 4.71. The van der Waals surface area contributed by atoms with Crippen LogP contribution < -0.4 is 56.5 Å². The molecule has 0 aliphatic carbocycles. The summed E-state index contributed by atoms with van der Waals surface area (Å²) in [5.41, 5.74) is -0.190. The summed E-state index contributed by atoms with van der Waals surface area (Å²) in [5, 5.41) is 19.7. The molecule has 1 aromatic heterocycles. The minimum Gasteiger partial charge on any atom is -0.543 e. The molecule has 16 heavy (non-hydrogen) atoms. The van der Waals surface area contributed by atoms with Gasteiger partial charge in [-0.25, -0.2) is 4.98 Å². The van der Waals surface area contributed by atoms with E-state index < -0.39 is 5.97 Å². The van der Waals surface area contributed by atoms with Crippen LogP contribution in [0.5, 0.6) is 0 Å². The van der Waals surface area contributed by atoms with Crippen LogP contribution in [0, 0.1) is 0 Å². The van der Waals surface area contributed by atoms with Crippen LogP contribution in [0.25, 0.3) is 0 Å². The molecule has 2 rings (SSSR count). The van der Waals surface area contributed by atoms with Gasteiger partial charge in [-0.2, -0.15) is 0 Å². The number of aliphatic hydroxyl groups is 1. The molecule has 1 unspecified atom stereocenters. The van der Waals surface area contributed by atoms with E-state index in [0.29, 0.717) is 19.0 Å². The first-order chi connectivity index (χ1) is 7.15. The van der Waals surface area contributed by atoms with Crippen molar-refractivity contribution in [2.75, 3.05) is 13.1 Å². The van der Waals surface area contributed by atoms with Crippen LogP contribution in [0.4, 0.5) is 0 Å². The molecule has 1 atom stereocenters. The maximum absolute atomic E-state index is 10.4. The third-order valence-electron chi connectivity index (χ3n) is 2.37. The quantitative estimate of drug-likeness (QED) is 0.545. The molecular formula is C9H11KN2O4. The van der Waals surface area contributed by atoms with Gasteiger partial charge in [0, 0.05) is 13.1 Å². The Labute approximate surface area is 135 Å². The number of hydrogen-bond donors (Lipinski definition) is 1. The van der Waals surface area contributed by atoms with E-state index in [-0.39, 0.29) is 63.2 Å².